The van der Waals surface area contributed by atoms with Crippen LogP contribution < -0.4 is 5.32 Å². The van der Waals surface area contributed by atoms with Crippen molar-refractivity contribution >= 4 is 11.8 Å². The summed E-state index contributed by atoms with van der Waals surface area (Å²) in [7, 11) is 0. The highest BCUT2D eigenvalue weighted by Crippen LogP contribution is 2.28. The molecule has 1 N–H and O–H groups in total. The van der Waals surface area contributed by atoms with Crippen LogP contribution in [0, 0.1) is 5.92 Å². The Hall–Kier alpha value is -0.550. The molecular formula is C11H19N3OS. The maximum Gasteiger partial charge on any atom is 0.244 e. The standard InChI is InChI=1S/C11H19N3OS/c1-7(2)16-6-9-13-11(15-14-9)10-8(3)4-5-12-10/h7-8,10,12H,4-6H2,1-3H3. The number of hydrogen-bond donors (Lipinski definition) is 1. The van der Waals surface area contributed by atoms with Gasteiger partial charge in [0, 0.05) is 0 Å². The Balaban J connectivity index is 1.96. The third-order valence-corrected chi connectivity index (χ3v) is 3.92. The SMILES string of the molecule is CC(C)SCc1noc(C2NCCC2C)n1. The summed E-state index contributed by atoms with van der Waals surface area (Å²) in [6.07, 6.45) is 1.18. The van der Waals surface area contributed by atoms with Crippen LogP contribution in [-0.2, 0) is 5.75 Å². The topological polar surface area (TPSA) is 51.0 Å². The normalized spacial score (nSPS) is 25.5. The molecule has 5 heteroatoms. The van der Waals surface area contributed by atoms with Gasteiger partial charge in [-0.1, -0.05) is 25.9 Å². The second kappa shape index (κ2) is 5.19. The van der Waals surface area contributed by atoms with Crippen LogP contribution in [0.4, 0.5) is 0 Å². The summed E-state index contributed by atoms with van der Waals surface area (Å²) >= 11 is 1.84. The Morgan fingerprint density at radius 1 is 1.56 bits per heavy atom. The fraction of sp³-hybridized carbons (Fsp3) is 0.818. The van der Waals surface area contributed by atoms with Gasteiger partial charge in [0.25, 0.3) is 0 Å². The highest BCUT2D eigenvalue weighted by Gasteiger charge is 2.29. The van der Waals surface area contributed by atoms with E-state index >= 15 is 0 Å². The van der Waals surface area contributed by atoms with Crippen molar-refractivity contribution in [3.8, 4) is 0 Å². The molecule has 2 unspecified atom stereocenters. The minimum atomic E-state index is 0.255. The van der Waals surface area contributed by atoms with Gasteiger partial charge >= 0.3 is 0 Å². The molecule has 0 amide bonds. The average Bonchev–Trinajstić information content (AvgIpc) is 2.83. The number of hydrogen-bond acceptors (Lipinski definition) is 5. The molecule has 1 saturated heterocycles. The van der Waals surface area contributed by atoms with E-state index in [-0.39, 0.29) is 6.04 Å². The van der Waals surface area contributed by atoms with Gasteiger partial charge in [-0.15, -0.1) is 0 Å². The Morgan fingerprint density at radius 2 is 2.38 bits per heavy atom. The van der Waals surface area contributed by atoms with Crippen LogP contribution in [0.25, 0.3) is 0 Å². The zero-order valence-corrected chi connectivity index (χ0v) is 10.9. The Bertz CT molecular complexity index is 340. The molecule has 4 nitrogen and oxygen atoms in total. The Labute approximate surface area is 101 Å². The summed E-state index contributed by atoms with van der Waals surface area (Å²) < 4.78 is 5.31. The van der Waals surface area contributed by atoms with Crippen molar-refractivity contribution in [1.82, 2.24) is 15.5 Å². The molecule has 2 heterocycles. The number of thioether (sulfide) groups is 1. The van der Waals surface area contributed by atoms with Gasteiger partial charge in [0.1, 0.15) is 0 Å². The number of nitrogens with zero attached hydrogens (tertiary/aromatic N) is 2. The van der Waals surface area contributed by atoms with Crippen LogP contribution in [0.15, 0.2) is 4.52 Å². The van der Waals surface area contributed by atoms with Gasteiger partial charge in [-0.3, -0.25) is 0 Å². The number of rotatable bonds is 4. The molecular weight excluding hydrogens is 222 g/mol. The zero-order valence-electron chi connectivity index (χ0n) is 10.1. The van der Waals surface area contributed by atoms with Gasteiger partial charge in [-0.2, -0.15) is 16.7 Å². The van der Waals surface area contributed by atoms with Gasteiger partial charge in [0.2, 0.25) is 5.89 Å². The molecule has 1 fully saturated rings. The van der Waals surface area contributed by atoms with E-state index in [1.54, 1.807) is 0 Å². The van der Waals surface area contributed by atoms with E-state index in [0.29, 0.717) is 11.2 Å². The lowest BCUT2D eigenvalue weighted by Gasteiger charge is -2.09. The Kier molecular flexibility index (Phi) is 3.86. The van der Waals surface area contributed by atoms with Crippen molar-refractivity contribution in [3.63, 3.8) is 0 Å². The first-order valence-electron chi connectivity index (χ1n) is 5.84. The highest BCUT2D eigenvalue weighted by atomic mass is 32.2. The van der Waals surface area contributed by atoms with Crippen molar-refractivity contribution in [2.75, 3.05) is 6.54 Å². The molecule has 1 aliphatic heterocycles. The van der Waals surface area contributed by atoms with Crippen LogP contribution in [-0.4, -0.2) is 21.9 Å². The quantitative estimate of drug-likeness (QED) is 0.877. The van der Waals surface area contributed by atoms with Crippen LogP contribution >= 0.6 is 11.8 Å². The molecule has 90 valence electrons. The third kappa shape index (κ3) is 2.77. The van der Waals surface area contributed by atoms with Crippen LogP contribution in [0.5, 0.6) is 0 Å². The van der Waals surface area contributed by atoms with E-state index in [1.807, 2.05) is 11.8 Å². The van der Waals surface area contributed by atoms with Crippen molar-refractivity contribution in [2.24, 2.45) is 5.92 Å². The summed E-state index contributed by atoms with van der Waals surface area (Å²) in [4.78, 5) is 4.45. The van der Waals surface area contributed by atoms with E-state index in [2.05, 4.69) is 36.2 Å². The average molecular weight is 241 g/mol. The summed E-state index contributed by atoms with van der Waals surface area (Å²) in [5.74, 6) is 2.99. The van der Waals surface area contributed by atoms with E-state index < -0.39 is 0 Å². The molecule has 1 aromatic rings. The zero-order chi connectivity index (χ0) is 11.5. The first-order chi connectivity index (χ1) is 7.66. The largest absolute Gasteiger partial charge is 0.338 e. The lowest BCUT2D eigenvalue weighted by atomic mass is 10.0. The maximum absolute atomic E-state index is 5.31. The highest BCUT2D eigenvalue weighted by molar-refractivity contribution is 7.99. The summed E-state index contributed by atoms with van der Waals surface area (Å²) in [6, 6.07) is 0.255. The van der Waals surface area contributed by atoms with Crippen LogP contribution in [0.3, 0.4) is 0 Å². The van der Waals surface area contributed by atoms with Crippen LogP contribution in [0.2, 0.25) is 0 Å². The van der Waals surface area contributed by atoms with Gasteiger partial charge in [-0.05, 0) is 24.1 Å². The minimum absolute atomic E-state index is 0.255. The number of aromatic nitrogens is 2. The second-order valence-corrected chi connectivity index (χ2v) is 6.17. The van der Waals surface area contributed by atoms with Gasteiger partial charge < -0.3 is 9.84 Å². The second-order valence-electron chi connectivity index (χ2n) is 4.61. The molecule has 0 bridgehead atoms. The molecule has 16 heavy (non-hydrogen) atoms. The fourth-order valence-corrected chi connectivity index (χ4v) is 2.46. The Morgan fingerprint density at radius 3 is 3.00 bits per heavy atom. The summed E-state index contributed by atoms with van der Waals surface area (Å²) in [6.45, 7) is 7.61. The monoisotopic (exact) mass is 241 g/mol. The molecule has 0 aliphatic carbocycles. The summed E-state index contributed by atoms with van der Waals surface area (Å²) in [5.41, 5.74) is 0. The fourth-order valence-electron chi connectivity index (χ4n) is 1.86. The lowest BCUT2D eigenvalue weighted by molar-refractivity contribution is 0.317. The van der Waals surface area contributed by atoms with Gasteiger partial charge in [-0.25, -0.2) is 0 Å². The van der Waals surface area contributed by atoms with Crippen molar-refractivity contribution in [2.45, 2.75) is 44.2 Å². The smallest absolute Gasteiger partial charge is 0.244 e. The van der Waals surface area contributed by atoms with Crippen molar-refractivity contribution in [3.05, 3.63) is 11.7 Å². The minimum Gasteiger partial charge on any atom is -0.338 e. The molecule has 1 aliphatic rings. The third-order valence-electron chi connectivity index (χ3n) is 2.83. The van der Waals surface area contributed by atoms with E-state index in [1.165, 1.54) is 6.42 Å². The van der Waals surface area contributed by atoms with Gasteiger partial charge in [0.15, 0.2) is 5.82 Å². The number of nitrogens with one attached hydrogen (secondary N) is 1. The maximum atomic E-state index is 5.31. The summed E-state index contributed by atoms with van der Waals surface area (Å²) in [5, 5.41) is 8.02. The van der Waals surface area contributed by atoms with Crippen molar-refractivity contribution < 1.29 is 4.52 Å². The van der Waals surface area contributed by atoms with E-state index in [0.717, 1.165) is 24.0 Å². The van der Waals surface area contributed by atoms with E-state index in [9.17, 15) is 0 Å². The molecule has 0 aromatic carbocycles. The van der Waals surface area contributed by atoms with E-state index in [4.69, 9.17) is 4.52 Å². The molecule has 1 aromatic heterocycles. The molecule has 0 saturated carbocycles. The predicted molar refractivity (Wildman–Crippen MR) is 65.3 cm³/mol. The predicted octanol–water partition coefficient (Wildman–Crippen LogP) is 2.38. The first-order valence-corrected chi connectivity index (χ1v) is 6.89. The van der Waals surface area contributed by atoms with Crippen molar-refractivity contribution in [1.29, 1.82) is 0 Å². The lowest BCUT2D eigenvalue weighted by Crippen LogP contribution is -2.16. The van der Waals surface area contributed by atoms with Crippen LogP contribution in [0.1, 0.15) is 44.9 Å². The molecule has 2 atom stereocenters. The molecule has 0 radical (unpaired) electrons. The molecule has 0 spiro atoms. The molecule has 2 rings (SSSR count). The van der Waals surface area contributed by atoms with Gasteiger partial charge in [0.05, 0.1) is 11.8 Å². The first kappa shape index (κ1) is 11.9.